The van der Waals surface area contributed by atoms with E-state index in [1.165, 1.54) is 0 Å². The lowest BCUT2D eigenvalue weighted by Gasteiger charge is -2.14. The largest absolute Gasteiger partial charge is 0.492 e. The fourth-order valence-corrected chi connectivity index (χ4v) is 1.82. The summed E-state index contributed by atoms with van der Waals surface area (Å²) in [6.07, 6.45) is 1.60. The number of rotatable bonds is 7. The minimum atomic E-state index is -0.330. The molecule has 122 valence electrons. The lowest BCUT2D eigenvalue weighted by atomic mass is 10.3. The summed E-state index contributed by atoms with van der Waals surface area (Å²) >= 11 is 0. The third kappa shape index (κ3) is 5.86. The number of aromatic nitrogens is 1. The summed E-state index contributed by atoms with van der Waals surface area (Å²) in [5, 5.41) is 5.45. The molecular formula is C17H21N3O3. The average Bonchev–Trinajstić information content (AvgIpc) is 2.54. The van der Waals surface area contributed by atoms with Crippen LogP contribution in [-0.4, -0.2) is 30.3 Å². The molecule has 0 fully saturated rings. The Labute approximate surface area is 135 Å². The number of hydrogen-bond donors (Lipinski definition) is 2. The number of nitrogens with zero attached hydrogens (tertiary/aromatic N) is 1. The van der Waals surface area contributed by atoms with Crippen LogP contribution in [-0.2, 0) is 0 Å². The molecule has 1 heterocycles. The number of ether oxygens (including phenoxy) is 2. The molecule has 6 nitrogen and oxygen atoms in total. The van der Waals surface area contributed by atoms with E-state index < -0.39 is 0 Å². The number of carbonyl (C=O) groups is 1. The normalized spacial score (nSPS) is 10.2. The maximum absolute atomic E-state index is 11.9. The number of para-hydroxylation sites is 1. The van der Waals surface area contributed by atoms with Crippen LogP contribution in [0.15, 0.2) is 48.7 Å². The molecule has 0 unspecified atom stereocenters. The van der Waals surface area contributed by atoms with Gasteiger partial charge < -0.3 is 20.1 Å². The second kappa shape index (κ2) is 8.63. The van der Waals surface area contributed by atoms with Gasteiger partial charge in [-0.25, -0.2) is 9.78 Å². The highest BCUT2D eigenvalue weighted by Gasteiger charge is 2.09. The second-order valence-corrected chi connectivity index (χ2v) is 5.07. The number of pyridine rings is 1. The second-order valence-electron chi connectivity index (χ2n) is 5.07. The Balaban J connectivity index is 1.76. The number of benzene rings is 1. The van der Waals surface area contributed by atoms with Crippen LogP contribution >= 0.6 is 0 Å². The first-order valence-corrected chi connectivity index (χ1v) is 7.49. The van der Waals surface area contributed by atoms with E-state index in [1.807, 2.05) is 44.2 Å². The summed E-state index contributed by atoms with van der Waals surface area (Å²) in [6.45, 7) is 4.58. The summed E-state index contributed by atoms with van der Waals surface area (Å²) in [6, 6.07) is 12.6. The smallest absolute Gasteiger partial charge is 0.319 e. The molecule has 1 aromatic heterocycles. The Morgan fingerprint density at radius 1 is 1.17 bits per heavy atom. The Hall–Kier alpha value is -2.76. The zero-order valence-corrected chi connectivity index (χ0v) is 13.3. The van der Waals surface area contributed by atoms with Gasteiger partial charge >= 0.3 is 6.03 Å². The van der Waals surface area contributed by atoms with E-state index in [0.29, 0.717) is 24.7 Å². The van der Waals surface area contributed by atoms with Crippen molar-refractivity contribution in [3.8, 4) is 11.6 Å². The van der Waals surface area contributed by atoms with Gasteiger partial charge in [-0.1, -0.05) is 18.2 Å². The minimum absolute atomic E-state index is 0.0206. The van der Waals surface area contributed by atoms with E-state index in [4.69, 9.17) is 9.47 Å². The van der Waals surface area contributed by atoms with Crippen LogP contribution in [0.4, 0.5) is 10.5 Å². The predicted octanol–water partition coefficient (Wildman–Crippen LogP) is 3.07. The molecule has 2 aromatic rings. The van der Waals surface area contributed by atoms with Gasteiger partial charge in [0.05, 0.1) is 12.6 Å². The van der Waals surface area contributed by atoms with E-state index in [9.17, 15) is 4.79 Å². The standard InChI is InChI=1S/C17H21N3O3/c1-13(2)23-16-15(9-6-10-18-16)20-17(21)19-11-12-22-14-7-4-3-5-8-14/h3-10,13H,11-12H2,1-2H3,(H2,19,20,21). The Morgan fingerprint density at radius 2 is 1.96 bits per heavy atom. The molecule has 1 aromatic carbocycles. The molecule has 0 atom stereocenters. The highest BCUT2D eigenvalue weighted by Crippen LogP contribution is 2.21. The lowest BCUT2D eigenvalue weighted by molar-refractivity contribution is 0.232. The van der Waals surface area contributed by atoms with Crippen LogP contribution < -0.4 is 20.1 Å². The van der Waals surface area contributed by atoms with Gasteiger partial charge in [0.15, 0.2) is 0 Å². The van der Waals surface area contributed by atoms with Crippen LogP contribution in [0.5, 0.6) is 11.6 Å². The lowest BCUT2D eigenvalue weighted by Crippen LogP contribution is -2.32. The number of anilines is 1. The molecule has 2 amide bonds. The van der Waals surface area contributed by atoms with Crippen LogP contribution in [0, 0.1) is 0 Å². The number of nitrogens with one attached hydrogen (secondary N) is 2. The molecule has 2 N–H and O–H groups in total. The number of amides is 2. The Morgan fingerprint density at radius 3 is 2.70 bits per heavy atom. The third-order valence-electron chi connectivity index (χ3n) is 2.77. The number of hydrogen-bond acceptors (Lipinski definition) is 4. The van der Waals surface area contributed by atoms with Crippen molar-refractivity contribution >= 4 is 11.7 Å². The molecule has 0 saturated heterocycles. The van der Waals surface area contributed by atoms with Crippen LogP contribution in [0.3, 0.4) is 0 Å². The van der Waals surface area contributed by atoms with Crippen molar-refractivity contribution in [2.24, 2.45) is 0 Å². The number of carbonyl (C=O) groups excluding carboxylic acids is 1. The molecule has 0 saturated carbocycles. The van der Waals surface area contributed by atoms with Gasteiger partial charge in [-0.05, 0) is 38.1 Å². The van der Waals surface area contributed by atoms with E-state index in [-0.39, 0.29) is 12.1 Å². The Kier molecular flexibility index (Phi) is 6.23. The summed E-state index contributed by atoms with van der Waals surface area (Å²) in [5.41, 5.74) is 0.530. The summed E-state index contributed by atoms with van der Waals surface area (Å²) in [7, 11) is 0. The Bertz CT molecular complexity index is 617. The molecule has 0 aliphatic rings. The van der Waals surface area contributed by atoms with E-state index >= 15 is 0 Å². The summed E-state index contributed by atoms with van der Waals surface area (Å²) < 4.78 is 11.1. The van der Waals surface area contributed by atoms with Gasteiger partial charge in [0, 0.05) is 6.20 Å². The van der Waals surface area contributed by atoms with Gasteiger partial charge in [-0.2, -0.15) is 0 Å². The first kappa shape index (κ1) is 16.6. The first-order chi connectivity index (χ1) is 11.1. The van der Waals surface area contributed by atoms with Crippen LogP contribution in [0.1, 0.15) is 13.8 Å². The predicted molar refractivity (Wildman–Crippen MR) is 89.0 cm³/mol. The maximum Gasteiger partial charge on any atom is 0.319 e. The topological polar surface area (TPSA) is 72.5 Å². The third-order valence-corrected chi connectivity index (χ3v) is 2.77. The van der Waals surface area contributed by atoms with Gasteiger partial charge in [-0.15, -0.1) is 0 Å². The SMILES string of the molecule is CC(C)Oc1ncccc1NC(=O)NCCOc1ccccc1. The fourth-order valence-electron chi connectivity index (χ4n) is 1.82. The van der Waals surface area contributed by atoms with Crippen LogP contribution in [0.2, 0.25) is 0 Å². The number of urea groups is 1. The highest BCUT2D eigenvalue weighted by molar-refractivity contribution is 5.90. The van der Waals surface area contributed by atoms with Crippen molar-refractivity contribution in [1.82, 2.24) is 10.3 Å². The summed E-state index contributed by atoms with van der Waals surface area (Å²) in [5.74, 6) is 1.17. The van der Waals surface area contributed by atoms with Gasteiger partial charge in [0.25, 0.3) is 0 Å². The molecule has 0 bridgehead atoms. The molecule has 0 radical (unpaired) electrons. The van der Waals surface area contributed by atoms with Crippen molar-refractivity contribution in [2.75, 3.05) is 18.5 Å². The average molecular weight is 315 g/mol. The van der Waals surface area contributed by atoms with Crippen molar-refractivity contribution in [2.45, 2.75) is 20.0 Å². The van der Waals surface area contributed by atoms with E-state index in [0.717, 1.165) is 5.75 Å². The zero-order chi connectivity index (χ0) is 16.5. The first-order valence-electron chi connectivity index (χ1n) is 7.49. The van der Waals surface area contributed by atoms with Crippen molar-refractivity contribution < 1.29 is 14.3 Å². The van der Waals surface area contributed by atoms with E-state index in [2.05, 4.69) is 15.6 Å². The molecule has 0 aliphatic carbocycles. The minimum Gasteiger partial charge on any atom is -0.492 e. The molecule has 2 rings (SSSR count). The summed E-state index contributed by atoms with van der Waals surface area (Å²) in [4.78, 5) is 16.0. The molecular weight excluding hydrogens is 294 g/mol. The fraction of sp³-hybridized carbons (Fsp3) is 0.294. The molecule has 0 aliphatic heterocycles. The van der Waals surface area contributed by atoms with Gasteiger partial charge in [-0.3, -0.25) is 0 Å². The monoisotopic (exact) mass is 315 g/mol. The zero-order valence-electron chi connectivity index (χ0n) is 13.3. The molecule has 0 spiro atoms. The van der Waals surface area contributed by atoms with Crippen molar-refractivity contribution in [3.05, 3.63) is 48.7 Å². The van der Waals surface area contributed by atoms with Gasteiger partial charge in [0.1, 0.15) is 18.0 Å². The van der Waals surface area contributed by atoms with Crippen molar-refractivity contribution in [3.63, 3.8) is 0 Å². The van der Waals surface area contributed by atoms with Crippen LogP contribution in [0.25, 0.3) is 0 Å². The maximum atomic E-state index is 11.9. The quantitative estimate of drug-likeness (QED) is 0.770. The van der Waals surface area contributed by atoms with E-state index in [1.54, 1.807) is 18.3 Å². The van der Waals surface area contributed by atoms with Crippen molar-refractivity contribution in [1.29, 1.82) is 0 Å². The highest BCUT2D eigenvalue weighted by atomic mass is 16.5. The van der Waals surface area contributed by atoms with Gasteiger partial charge in [0.2, 0.25) is 5.88 Å². The molecule has 6 heteroatoms. The molecule has 23 heavy (non-hydrogen) atoms.